The molecule has 0 aromatic heterocycles. The fraction of sp³-hybridized carbons (Fsp3) is 0.467. The summed E-state index contributed by atoms with van der Waals surface area (Å²) in [5.74, 6) is -0.755. The Kier molecular flexibility index (Phi) is 8.28. The molecule has 26 heavy (non-hydrogen) atoms. The number of carbonyl (C=O) groups excluding carboxylic acids is 2. The van der Waals surface area contributed by atoms with Crippen LogP contribution in [0.15, 0.2) is 23.1 Å². The lowest BCUT2D eigenvalue weighted by atomic mass is 10.3. The third-order valence-electron chi connectivity index (χ3n) is 3.76. The van der Waals surface area contributed by atoms with Gasteiger partial charge in [0, 0.05) is 24.8 Å². The monoisotopic (exact) mass is 406 g/mol. The number of methoxy groups -OCH3 is 1. The molecule has 0 spiro atoms. The molecule has 2 amide bonds. The van der Waals surface area contributed by atoms with Crippen molar-refractivity contribution in [1.82, 2.24) is 9.62 Å². The second kappa shape index (κ2) is 9.72. The number of nitrogens with two attached hydrogens (primary N) is 1. The second-order valence-electron chi connectivity index (χ2n) is 5.51. The van der Waals surface area contributed by atoms with E-state index in [1.54, 1.807) is 0 Å². The zero-order valence-electron chi connectivity index (χ0n) is 14.4. The van der Waals surface area contributed by atoms with E-state index < -0.39 is 21.8 Å². The summed E-state index contributed by atoms with van der Waals surface area (Å²) in [5, 5.41) is 4.91. The van der Waals surface area contributed by atoms with Crippen LogP contribution in [0.2, 0.25) is 0 Å². The molecule has 0 saturated carbocycles. The predicted molar refractivity (Wildman–Crippen MR) is 98.9 cm³/mol. The highest BCUT2D eigenvalue weighted by molar-refractivity contribution is 7.89. The van der Waals surface area contributed by atoms with Crippen molar-refractivity contribution >= 4 is 39.9 Å². The number of anilines is 1. The van der Waals surface area contributed by atoms with E-state index in [2.05, 4.69) is 10.6 Å². The van der Waals surface area contributed by atoms with E-state index >= 15 is 0 Å². The molecule has 1 saturated heterocycles. The van der Waals surface area contributed by atoms with Crippen molar-refractivity contribution in [2.45, 2.75) is 17.7 Å². The molecule has 1 aromatic rings. The lowest BCUT2D eigenvalue weighted by Gasteiger charge is -2.18. The first-order valence-electron chi connectivity index (χ1n) is 7.83. The van der Waals surface area contributed by atoms with Gasteiger partial charge in [-0.25, -0.2) is 8.42 Å². The molecule has 1 aliphatic heterocycles. The first kappa shape index (κ1) is 22.2. The fourth-order valence-electron chi connectivity index (χ4n) is 2.48. The van der Waals surface area contributed by atoms with Gasteiger partial charge in [-0.15, -0.1) is 12.4 Å². The van der Waals surface area contributed by atoms with E-state index in [1.807, 2.05) is 0 Å². The van der Waals surface area contributed by atoms with Gasteiger partial charge in [0.25, 0.3) is 0 Å². The van der Waals surface area contributed by atoms with E-state index in [0.29, 0.717) is 18.8 Å². The molecule has 4 N–H and O–H groups in total. The summed E-state index contributed by atoms with van der Waals surface area (Å²) in [6.07, 6.45) is 1.68. The van der Waals surface area contributed by atoms with Gasteiger partial charge in [-0.3, -0.25) is 9.59 Å². The van der Waals surface area contributed by atoms with Gasteiger partial charge < -0.3 is 21.1 Å². The number of rotatable bonds is 7. The van der Waals surface area contributed by atoms with Gasteiger partial charge in [-0.1, -0.05) is 0 Å². The summed E-state index contributed by atoms with van der Waals surface area (Å²) in [6, 6.07) is 4.32. The van der Waals surface area contributed by atoms with E-state index in [0.717, 1.165) is 12.8 Å². The van der Waals surface area contributed by atoms with E-state index in [-0.39, 0.29) is 36.1 Å². The summed E-state index contributed by atoms with van der Waals surface area (Å²) in [5.41, 5.74) is 5.50. The van der Waals surface area contributed by atoms with Crippen LogP contribution in [0.5, 0.6) is 5.75 Å². The Labute approximate surface area is 158 Å². The minimum absolute atomic E-state index is 0. The molecule has 1 aliphatic rings. The SMILES string of the molecule is COc1cc(NC(=O)CNC(=O)CN)ccc1S(=O)(=O)N1CCCC1.Cl. The van der Waals surface area contributed by atoms with Gasteiger partial charge in [0.1, 0.15) is 10.6 Å². The van der Waals surface area contributed by atoms with Crippen molar-refractivity contribution in [3.63, 3.8) is 0 Å². The number of benzene rings is 1. The van der Waals surface area contributed by atoms with Crippen molar-refractivity contribution in [2.24, 2.45) is 5.73 Å². The molecule has 0 unspecified atom stereocenters. The molecule has 1 heterocycles. The molecule has 1 aromatic carbocycles. The Bertz CT molecular complexity index is 750. The molecule has 0 bridgehead atoms. The average molecular weight is 407 g/mol. The molecular formula is C15H23ClN4O5S. The van der Waals surface area contributed by atoms with Crippen LogP contribution in [-0.4, -0.2) is 57.8 Å². The zero-order chi connectivity index (χ0) is 18.4. The van der Waals surface area contributed by atoms with Crippen LogP contribution in [0, 0.1) is 0 Å². The van der Waals surface area contributed by atoms with Crippen molar-refractivity contribution in [3.8, 4) is 5.75 Å². The van der Waals surface area contributed by atoms with Gasteiger partial charge in [0.15, 0.2) is 0 Å². The van der Waals surface area contributed by atoms with Crippen LogP contribution < -0.4 is 21.1 Å². The molecule has 9 nitrogen and oxygen atoms in total. The molecule has 1 fully saturated rings. The number of hydrogen-bond donors (Lipinski definition) is 3. The highest BCUT2D eigenvalue weighted by Crippen LogP contribution is 2.31. The number of carbonyl (C=O) groups is 2. The lowest BCUT2D eigenvalue weighted by molar-refractivity contribution is -0.123. The average Bonchev–Trinajstić information content (AvgIpc) is 3.14. The fourth-order valence-corrected chi connectivity index (χ4v) is 4.14. The van der Waals surface area contributed by atoms with Gasteiger partial charge in [-0.05, 0) is 25.0 Å². The van der Waals surface area contributed by atoms with E-state index in [9.17, 15) is 18.0 Å². The summed E-state index contributed by atoms with van der Waals surface area (Å²) < 4.78 is 31.9. The topological polar surface area (TPSA) is 131 Å². The molecule has 0 aliphatic carbocycles. The highest BCUT2D eigenvalue weighted by Gasteiger charge is 2.30. The maximum absolute atomic E-state index is 12.7. The van der Waals surface area contributed by atoms with Crippen LogP contribution >= 0.6 is 12.4 Å². The van der Waals surface area contributed by atoms with Crippen LogP contribution in [-0.2, 0) is 19.6 Å². The number of nitrogens with one attached hydrogen (secondary N) is 2. The molecular weight excluding hydrogens is 384 g/mol. The number of ether oxygens (including phenoxy) is 1. The summed E-state index contributed by atoms with van der Waals surface area (Å²) in [6.45, 7) is 0.548. The molecule has 2 rings (SSSR count). The maximum atomic E-state index is 12.7. The first-order chi connectivity index (χ1) is 11.9. The van der Waals surface area contributed by atoms with Crippen molar-refractivity contribution in [2.75, 3.05) is 38.6 Å². The standard InChI is InChI=1S/C15H22N4O5S.ClH/c1-24-12-8-11(18-15(21)10-17-14(20)9-16)4-5-13(12)25(22,23)19-6-2-3-7-19;/h4-5,8H,2-3,6-7,9-10,16H2,1H3,(H,17,20)(H,18,21);1H. The number of hydrogen-bond acceptors (Lipinski definition) is 6. The van der Waals surface area contributed by atoms with Crippen LogP contribution in [0.4, 0.5) is 5.69 Å². The molecule has 0 radical (unpaired) electrons. The Morgan fingerprint density at radius 1 is 1.23 bits per heavy atom. The van der Waals surface area contributed by atoms with Gasteiger partial charge in [0.05, 0.1) is 20.2 Å². The number of halogens is 1. The number of sulfonamides is 1. The van der Waals surface area contributed by atoms with Gasteiger partial charge in [-0.2, -0.15) is 4.31 Å². The first-order valence-corrected chi connectivity index (χ1v) is 9.27. The maximum Gasteiger partial charge on any atom is 0.246 e. The van der Waals surface area contributed by atoms with E-state index in [1.165, 1.54) is 29.6 Å². The van der Waals surface area contributed by atoms with Crippen molar-refractivity contribution < 1.29 is 22.7 Å². The van der Waals surface area contributed by atoms with Crippen molar-refractivity contribution in [1.29, 1.82) is 0 Å². The highest BCUT2D eigenvalue weighted by atomic mass is 35.5. The molecule has 11 heteroatoms. The predicted octanol–water partition coefficient (Wildman–Crippen LogP) is -0.0851. The Morgan fingerprint density at radius 2 is 1.88 bits per heavy atom. The van der Waals surface area contributed by atoms with Crippen LogP contribution in [0.1, 0.15) is 12.8 Å². The summed E-state index contributed by atoms with van der Waals surface area (Å²) >= 11 is 0. The number of nitrogens with zero attached hydrogens (tertiary/aromatic N) is 1. The Morgan fingerprint density at radius 3 is 2.46 bits per heavy atom. The smallest absolute Gasteiger partial charge is 0.246 e. The lowest BCUT2D eigenvalue weighted by Crippen LogP contribution is -2.36. The minimum atomic E-state index is -3.63. The summed E-state index contributed by atoms with van der Waals surface area (Å²) in [4.78, 5) is 22.9. The molecule has 0 atom stereocenters. The molecule has 146 valence electrons. The minimum Gasteiger partial charge on any atom is -0.495 e. The third-order valence-corrected chi connectivity index (χ3v) is 5.70. The van der Waals surface area contributed by atoms with Crippen LogP contribution in [0.25, 0.3) is 0 Å². The van der Waals surface area contributed by atoms with E-state index in [4.69, 9.17) is 10.5 Å². The Hall–Kier alpha value is -1.88. The van der Waals surface area contributed by atoms with Gasteiger partial charge >= 0.3 is 0 Å². The Balaban J connectivity index is 0.00000338. The van der Waals surface area contributed by atoms with Crippen molar-refractivity contribution in [3.05, 3.63) is 18.2 Å². The normalized spacial score (nSPS) is 14.4. The third kappa shape index (κ3) is 5.31. The second-order valence-corrected chi connectivity index (χ2v) is 7.41. The largest absolute Gasteiger partial charge is 0.495 e. The summed E-state index contributed by atoms with van der Waals surface area (Å²) in [7, 11) is -2.26. The number of amides is 2. The quantitative estimate of drug-likeness (QED) is 0.580. The van der Waals surface area contributed by atoms with Gasteiger partial charge in [0.2, 0.25) is 21.8 Å². The zero-order valence-corrected chi connectivity index (χ0v) is 16.0. The van der Waals surface area contributed by atoms with Crippen LogP contribution in [0.3, 0.4) is 0 Å².